The van der Waals surface area contributed by atoms with Gasteiger partial charge in [-0.2, -0.15) is 5.10 Å². The van der Waals surface area contributed by atoms with Crippen LogP contribution in [0.2, 0.25) is 0 Å². The first-order valence-corrected chi connectivity index (χ1v) is 11.7. The Bertz CT molecular complexity index is 809. The number of nitrogens with zero attached hydrogens (tertiary/aromatic N) is 3. The van der Waals surface area contributed by atoms with Crippen LogP contribution in [0.15, 0.2) is 17.5 Å². The summed E-state index contributed by atoms with van der Waals surface area (Å²) in [5.74, 6) is 0.582. The second kappa shape index (κ2) is 9.41. The van der Waals surface area contributed by atoms with Gasteiger partial charge in [-0.25, -0.2) is 0 Å². The van der Waals surface area contributed by atoms with E-state index in [1.807, 2.05) is 16.2 Å². The number of nitrogens with one attached hydrogen (secondary N) is 1. The second-order valence-electron chi connectivity index (χ2n) is 8.48. The SMILES string of the molecule is CC(C)Cn1nc(C(=O)N2CCOCC2)c2c1CC[C@H](NCCc1cccs1)C2. The first kappa shape index (κ1) is 20.6. The normalized spacial score (nSPS) is 19.6. The van der Waals surface area contributed by atoms with E-state index in [1.54, 1.807) is 0 Å². The molecule has 6 nitrogen and oxygen atoms in total. The highest BCUT2D eigenvalue weighted by Gasteiger charge is 2.31. The lowest BCUT2D eigenvalue weighted by Crippen LogP contribution is -2.42. The number of carbonyl (C=O) groups excluding carboxylic acids is 1. The van der Waals surface area contributed by atoms with Crippen molar-refractivity contribution >= 4 is 17.2 Å². The minimum Gasteiger partial charge on any atom is -0.378 e. The molecule has 2 aromatic heterocycles. The standard InChI is InChI=1S/C22H32N4O2S/c1-16(2)15-26-20-6-5-17(23-8-7-18-4-3-13-29-18)14-19(20)21(24-26)22(27)25-9-11-28-12-10-25/h3-4,13,16-17,23H,5-12,14-15H2,1-2H3/t17-/m0/s1. The van der Waals surface area contributed by atoms with Crippen molar-refractivity contribution in [2.24, 2.45) is 5.92 Å². The zero-order valence-corrected chi connectivity index (χ0v) is 18.3. The number of amides is 1. The highest BCUT2D eigenvalue weighted by Crippen LogP contribution is 2.27. The van der Waals surface area contributed by atoms with E-state index in [0.717, 1.165) is 38.8 Å². The van der Waals surface area contributed by atoms with Gasteiger partial charge in [-0.1, -0.05) is 19.9 Å². The molecule has 0 radical (unpaired) electrons. The van der Waals surface area contributed by atoms with Gasteiger partial charge in [0.25, 0.3) is 5.91 Å². The molecule has 1 aliphatic heterocycles. The summed E-state index contributed by atoms with van der Waals surface area (Å²) in [4.78, 5) is 16.5. The van der Waals surface area contributed by atoms with E-state index in [4.69, 9.17) is 9.84 Å². The van der Waals surface area contributed by atoms with E-state index in [1.165, 1.54) is 16.1 Å². The Kier molecular flexibility index (Phi) is 6.67. The summed E-state index contributed by atoms with van der Waals surface area (Å²) in [6.45, 7) is 8.81. The summed E-state index contributed by atoms with van der Waals surface area (Å²) >= 11 is 1.82. The van der Waals surface area contributed by atoms with Gasteiger partial charge in [0.1, 0.15) is 0 Å². The monoisotopic (exact) mass is 416 g/mol. The van der Waals surface area contributed by atoms with Crippen LogP contribution in [-0.2, 0) is 30.5 Å². The van der Waals surface area contributed by atoms with Crippen LogP contribution in [0.3, 0.4) is 0 Å². The number of thiophene rings is 1. The first-order chi connectivity index (χ1) is 14.1. The van der Waals surface area contributed by atoms with Crippen LogP contribution in [0, 0.1) is 5.92 Å². The highest BCUT2D eigenvalue weighted by atomic mass is 32.1. The fraction of sp³-hybridized carbons (Fsp3) is 0.636. The lowest BCUT2D eigenvalue weighted by molar-refractivity contribution is 0.0297. The third-order valence-electron chi connectivity index (χ3n) is 5.77. The fourth-order valence-corrected chi connectivity index (χ4v) is 5.01. The van der Waals surface area contributed by atoms with Gasteiger partial charge >= 0.3 is 0 Å². The van der Waals surface area contributed by atoms with Crippen molar-refractivity contribution in [2.45, 2.75) is 52.1 Å². The van der Waals surface area contributed by atoms with Gasteiger partial charge < -0.3 is 15.0 Å². The smallest absolute Gasteiger partial charge is 0.274 e. The van der Waals surface area contributed by atoms with Crippen molar-refractivity contribution in [3.8, 4) is 0 Å². The Morgan fingerprint density at radius 1 is 1.38 bits per heavy atom. The number of hydrogen-bond donors (Lipinski definition) is 1. The van der Waals surface area contributed by atoms with Crippen LogP contribution >= 0.6 is 11.3 Å². The maximum absolute atomic E-state index is 13.2. The molecule has 0 saturated carbocycles. The van der Waals surface area contributed by atoms with Crippen molar-refractivity contribution in [1.82, 2.24) is 20.0 Å². The van der Waals surface area contributed by atoms with Crippen molar-refractivity contribution in [3.63, 3.8) is 0 Å². The number of morpholine rings is 1. The van der Waals surface area contributed by atoms with E-state index in [-0.39, 0.29) is 5.91 Å². The van der Waals surface area contributed by atoms with Crippen molar-refractivity contribution < 1.29 is 9.53 Å². The molecular weight excluding hydrogens is 384 g/mol. The predicted octanol–water partition coefficient (Wildman–Crippen LogP) is 2.76. The molecule has 1 aliphatic carbocycles. The van der Waals surface area contributed by atoms with Crippen LogP contribution in [0.4, 0.5) is 0 Å². The summed E-state index contributed by atoms with van der Waals surface area (Å²) in [5.41, 5.74) is 3.11. The van der Waals surface area contributed by atoms with Gasteiger partial charge in [-0.05, 0) is 43.0 Å². The molecule has 0 spiro atoms. The highest BCUT2D eigenvalue weighted by molar-refractivity contribution is 7.09. The molecule has 2 aliphatic rings. The molecule has 0 unspecified atom stereocenters. The Hall–Kier alpha value is -1.70. The van der Waals surface area contributed by atoms with Crippen LogP contribution in [-0.4, -0.2) is 59.5 Å². The fourth-order valence-electron chi connectivity index (χ4n) is 4.30. The number of ether oxygens (including phenoxy) is 1. The van der Waals surface area contributed by atoms with E-state index in [9.17, 15) is 4.79 Å². The summed E-state index contributed by atoms with van der Waals surface area (Å²) in [6, 6.07) is 4.72. The lowest BCUT2D eigenvalue weighted by Gasteiger charge is -2.28. The van der Waals surface area contributed by atoms with Crippen molar-refractivity contribution in [2.75, 3.05) is 32.8 Å². The third-order valence-corrected chi connectivity index (χ3v) is 6.71. The number of carbonyl (C=O) groups is 1. The quantitative estimate of drug-likeness (QED) is 0.754. The van der Waals surface area contributed by atoms with Gasteiger partial charge in [0.15, 0.2) is 5.69 Å². The largest absolute Gasteiger partial charge is 0.378 e. The van der Waals surface area contributed by atoms with E-state index < -0.39 is 0 Å². The Labute approximate surface area is 177 Å². The minimum absolute atomic E-state index is 0.0753. The maximum Gasteiger partial charge on any atom is 0.274 e. The average molecular weight is 417 g/mol. The predicted molar refractivity (Wildman–Crippen MR) is 116 cm³/mol. The van der Waals surface area contributed by atoms with Gasteiger partial charge in [-0.15, -0.1) is 11.3 Å². The Morgan fingerprint density at radius 3 is 2.93 bits per heavy atom. The van der Waals surface area contributed by atoms with Crippen molar-refractivity contribution in [3.05, 3.63) is 39.3 Å². The first-order valence-electron chi connectivity index (χ1n) is 10.8. The van der Waals surface area contributed by atoms with E-state index in [0.29, 0.717) is 44.0 Å². The van der Waals surface area contributed by atoms with Crippen LogP contribution in [0.25, 0.3) is 0 Å². The van der Waals surface area contributed by atoms with Gasteiger partial charge in [-0.3, -0.25) is 9.48 Å². The van der Waals surface area contributed by atoms with E-state index in [2.05, 4.69) is 41.4 Å². The number of rotatable bonds is 7. The molecule has 1 saturated heterocycles. The zero-order chi connectivity index (χ0) is 20.2. The minimum atomic E-state index is 0.0753. The van der Waals surface area contributed by atoms with Gasteiger partial charge in [0.2, 0.25) is 0 Å². The molecule has 1 atom stereocenters. The van der Waals surface area contributed by atoms with Crippen LogP contribution < -0.4 is 5.32 Å². The summed E-state index contributed by atoms with van der Waals surface area (Å²) in [5, 5.41) is 10.7. The van der Waals surface area contributed by atoms with Crippen LogP contribution in [0.1, 0.15) is 46.9 Å². The molecule has 2 aromatic rings. The van der Waals surface area contributed by atoms with Crippen molar-refractivity contribution in [1.29, 1.82) is 0 Å². The van der Waals surface area contributed by atoms with Crippen LogP contribution in [0.5, 0.6) is 0 Å². The second-order valence-corrected chi connectivity index (χ2v) is 9.51. The molecule has 4 rings (SSSR count). The van der Waals surface area contributed by atoms with E-state index >= 15 is 0 Å². The molecule has 0 aromatic carbocycles. The number of hydrogen-bond acceptors (Lipinski definition) is 5. The molecular formula is C22H32N4O2S. The average Bonchev–Trinajstić information content (AvgIpc) is 3.36. The molecule has 158 valence electrons. The maximum atomic E-state index is 13.2. The molecule has 1 fully saturated rings. The molecule has 7 heteroatoms. The molecule has 0 bridgehead atoms. The topological polar surface area (TPSA) is 59.4 Å². The Morgan fingerprint density at radius 2 is 2.21 bits per heavy atom. The summed E-state index contributed by atoms with van der Waals surface area (Å²) in [7, 11) is 0. The summed E-state index contributed by atoms with van der Waals surface area (Å²) in [6.07, 6.45) is 4.05. The zero-order valence-electron chi connectivity index (χ0n) is 17.5. The molecule has 29 heavy (non-hydrogen) atoms. The third kappa shape index (κ3) is 4.90. The Balaban J connectivity index is 1.49. The van der Waals surface area contributed by atoms with Gasteiger partial charge in [0, 0.05) is 48.4 Å². The molecule has 3 heterocycles. The number of aromatic nitrogens is 2. The summed E-state index contributed by atoms with van der Waals surface area (Å²) < 4.78 is 7.53. The molecule has 1 amide bonds. The lowest BCUT2D eigenvalue weighted by atomic mass is 9.90. The molecule has 1 N–H and O–H groups in total. The number of fused-ring (bicyclic) bond motifs is 1. The van der Waals surface area contributed by atoms with Gasteiger partial charge in [0.05, 0.1) is 13.2 Å².